The van der Waals surface area contributed by atoms with E-state index < -0.39 is 31.0 Å². The van der Waals surface area contributed by atoms with Crippen LogP contribution in [0.3, 0.4) is 0 Å². The summed E-state index contributed by atoms with van der Waals surface area (Å²) in [5.41, 5.74) is 1.63. The van der Waals surface area contributed by atoms with E-state index in [9.17, 15) is 29.7 Å². The Morgan fingerprint density at radius 2 is 1.43 bits per heavy atom. The Morgan fingerprint density at radius 3 is 2.00 bits per heavy atom. The predicted octanol–water partition coefficient (Wildman–Crippen LogP) is 1.23. The van der Waals surface area contributed by atoms with Crippen molar-refractivity contribution in [2.45, 2.75) is 44.3 Å². The van der Waals surface area contributed by atoms with Crippen molar-refractivity contribution in [2.75, 3.05) is 19.6 Å². The molecule has 2 atom stereocenters. The normalized spacial score (nSPS) is 19.4. The fraction of sp³-hybridized carbons (Fsp3) is 0.500. The van der Waals surface area contributed by atoms with Gasteiger partial charge in [0.05, 0.1) is 37.2 Å². The van der Waals surface area contributed by atoms with Crippen LogP contribution in [0, 0.1) is 0 Å². The fourth-order valence-electron chi connectivity index (χ4n) is 4.32. The number of aromatic amines is 1. The lowest BCUT2D eigenvalue weighted by Gasteiger charge is -2.43. The van der Waals surface area contributed by atoms with E-state index in [1.807, 2.05) is 24.3 Å². The van der Waals surface area contributed by atoms with Gasteiger partial charge in [-0.1, -0.05) is 25.0 Å². The second-order valence-corrected chi connectivity index (χ2v) is 7.61. The molecule has 1 aliphatic carbocycles. The third-order valence-electron chi connectivity index (χ3n) is 5.44. The molecular weight excluding hydrogens is 392 g/mol. The van der Waals surface area contributed by atoms with Gasteiger partial charge in [-0.25, -0.2) is 4.98 Å². The van der Waals surface area contributed by atoms with Gasteiger partial charge in [0.25, 0.3) is 0 Å². The van der Waals surface area contributed by atoms with Crippen LogP contribution < -0.4 is 0 Å². The van der Waals surface area contributed by atoms with E-state index in [2.05, 4.69) is 9.97 Å². The number of H-pyrrole nitrogens is 1. The van der Waals surface area contributed by atoms with Crippen molar-refractivity contribution >= 4 is 28.9 Å². The fourth-order valence-corrected chi connectivity index (χ4v) is 4.32. The average Bonchev–Trinajstić information content (AvgIpc) is 3.08. The Labute approximate surface area is 173 Å². The second-order valence-electron chi connectivity index (χ2n) is 7.61. The molecule has 1 fully saturated rings. The van der Waals surface area contributed by atoms with Crippen LogP contribution in [-0.2, 0) is 20.9 Å². The quantitative estimate of drug-likeness (QED) is 0.447. The maximum atomic E-state index is 11.6. The summed E-state index contributed by atoms with van der Waals surface area (Å²) in [6.45, 7) is -0.805. The number of carboxylic acids is 3. The standard InChI is InChI=1S/C20H26N4O6/c25-18(26)10-23(9-17-21-13-5-1-2-6-14(13)22-17)15-7-3-4-8-16(15)24(11-19(27)28)12-20(29)30/h1-2,5-6,15-16H,3-4,7-12H2,(H,21,22)(H,25,26)(H,27,28)(H,29,30)/t15-,16?/m0/s1. The molecular formula is C20H26N4O6. The monoisotopic (exact) mass is 418 g/mol. The lowest BCUT2D eigenvalue weighted by Crippen LogP contribution is -2.56. The minimum absolute atomic E-state index is 0.244. The largest absolute Gasteiger partial charge is 0.480 e. The first-order chi connectivity index (χ1) is 14.3. The lowest BCUT2D eigenvalue weighted by atomic mass is 9.87. The van der Waals surface area contributed by atoms with Gasteiger partial charge in [0.1, 0.15) is 5.82 Å². The topological polar surface area (TPSA) is 147 Å². The minimum atomic E-state index is -1.11. The van der Waals surface area contributed by atoms with Gasteiger partial charge in [-0.05, 0) is 25.0 Å². The van der Waals surface area contributed by atoms with Crippen molar-refractivity contribution < 1.29 is 29.7 Å². The molecule has 1 aliphatic rings. The molecule has 0 spiro atoms. The first-order valence-electron chi connectivity index (χ1n) is 9.90. The number of para-hydroxylation sites is 2. The number of imidazole rings is 1. The number of aromatic nitrogens is 2. The molecule has 0 amide bonds. The molecule has 3 rings (SSSR count). The van der Waals surface area contributed by atoms with Crippen LogP contribution in [0.15, 0.2) is 24.3 Å². The number of hydrogen-bond donors (Lipinski definition) is 4. The Hall–Kier alpha value is -2.98. The molecule has 1 unspecified atom stereocenters. The smallest absolute Gasteiger partial charge is 0.317 e. The molecule has 1 heterocycles. The summed E-state index contributed by atoms with van der Waals surface area (Å²) < 4.78 is 0. The number of aliphatic carboxylic acids is 3. The zero-order valence-electron chi connectivity index (χ0n) is 16.5. The van der Waals surface area contributed by atoms with Crippen LogP contribution in [0.25, 0.3) is 11.0 Å². The van der Waals surface area contributed by atoms with Gasteiger partial charge in [-0.15, -0.1) is 0 Å². The zero-order valence-corrected chi connectivity index (χ0v) is 16.5. The Morgan fingerprint density at radius 1 is 0.900 bits per heavy atom. The lowest BCUT2D eigenvalue weighted by molar-refractivity contribution is -0.146. The highest BCUT2D eigenvalue weighted by Crippen LogP contribution is 2.28. The first-order valence-corrected chi connectivity index (χ1v) is 9.90. The molecule has 2 aromatic rings. The van der Waals surface area contributed by atoms with E-state index in [0.29, 0.717) is 18.7 Å². The number of carboxylic acid groups (broad SMARTS) is 3. The Bertz CT molecular complexity index is 865. The number of nitrogens with zero attached hydrogens (tertiary/aromatic N) is 3. The van der Waals surface area contributed by atoms with E-state index >= 15 is 0 Å². The highest BCUT2D eigenvalue weighted by Gasteiger charge is 2.36. The highest BCUT2D eigenvalue weighted by atomic mass is 16.4. The van der Waals surface area contributed by atoms with Crippen molar-refractivity contribution in [3.63, 3.8) is 0 Å². The predicted molar refractivity (Wildman–Crippen MR) is 107 cm³/mol. The third kappa shape index (κ3) is 5.55. The number of fused-ring (bicyclic) bond motifs is 1. The number of rotatable bonds is 10. The minimum Gasteiger partial charge on any atom is -0.480 e. The summed E-state index contributed by atoms with van der Waals surface area (Å²) in [7, 11) is 0. The number of nitrogens with one attached hydrogen (secondary N) is 1. The van der Waals surface area contributed by atoms with Crippen LogP contribution in [-0.4, -0.2) is 84.7 Å². The molecule has 1 saturated carbocycles. The van der Waals surface area contributed by atoms with Crippen molar-refractivity contribution in [1.82, 2.24) is 19.8 Å². The van der Waals surface area contributed by atoms with Crippen molar-refractivity contribution in [3.8, 4) is 0 Å². The van der Waals surface area contributed by atoms with Gasteiger partial charge in [-0.3, -0.25) is 24.2 Å². The molecule has 0 bridgehead atoms. The molecule has 0 aliphatic heterocycles. The summed E-state index contributed by atoms with van der Waals surface area (Å²) in [6.07, 6.45) is 2.98. The van der Waals surface area contributed by atoms with E-state index in [0.717, 1.165) is 23.9 Å². The molecule has 1 aromatic carbocycles. The second kappa shape index (κ2) is 9.68. The highest BCUT2D eigenvalue weighted by molar-refractivity contribution is 5.75. The summed E-state index contributed by atoms with van der Waals surface area (Å²) in [4.78, 5) is 45.1. The average molecular weight is 418 g/mol. The van der Waals surface area contributed by atoms with Gasteiger partial charge < -0.3 is 20.3 Å². The maximum Gasteiger partial charge on any atom is 0.317 e. The molecule has 30 heavy (non-hydrogen) atoms. The molecule has 10 nitrogen and oxygen atoms in total. The van der Waals surface area contributed by atoms with Crippen molar-refractivity contribution in [1.29, 1.82) is 0 Å². The first kappa shape index (κ1) is 21.7. The summed E-state index contributed by atoms with van der Waals surface area (Å²) in [5.74, 6) is -2.60. The molecule has 4 N–H and O–H groups in total. The van der Waals surface area contributed by atoms with Crippen LogP contribution in [0.5, 0.6) is 0 Å². The maximum absolute atomic E-state index is 11.6. The van der Waals surface area contributed by atoms with Gasteiger partial charge in [0, 0.05) is 12.1 Å². The Kier molecular flexibility index (Phi) is 7.01. The van der Waals surface area contributed by atoms with Gasteiger partial charge in [0.15, 0.2) is 0 Å². The SMILES string of the molecule is O=C(O)CN(CC(=O)O)C1CCCC[C@@H]1N(CC(=O)O)Cc1nc2ccccc2[nH]1. The van der Waals surface area contributed by atoms with Crippen LogP contribution in [0.1, 0.15) is 31.5 Å². The van der Waals surface area contributed by atoms with E-state index in [1.54, 1.807) is 4.90 Å². The third-order valence-corrected chi connectivity index (χ3v) is 5.44. The van der Waals surface area contributed by atoms with Crippen LogP contribution >= 0.6 is 0 Å². The van der Waals surface area contributed by atoms with Crippen LogP contribution in [0.4, 0.5) is 0 Å². The molecule has 0 radical (unpaired) electrons. The molecule has 162 valence electrons. The van der Waals surface area contributed by atoms with Crippen molar-refractivity contribution in [3.05, 3.63) is 30.1 Å². The molecule has 1 aromatic heterocycles. The van der Waals surface area contributed by atoms with Gasteiger partial charge >= 0.3 is 17.9 Å². The summed E-state index contributed by atoms with van der Waals surface area (Å²) in [5, 5.41) is 28.0. The van der Waals surface area contributed by atoms with E-state index in [1.165, 1.54) is 4.90 Å². The summed E-state index contributed by atoms with van der Waals surface area (Å²) >= 11 is 0. The van der Waals surface area contributed by atoms with E-state index in [-0.39, 0.29) is 25.2 Å². The Balaban J connectivity index is 1.87. The van der Waals surface area contributed by atoms with Gasteiger partial charge in [0.2, 0.25) is 0 Å². The van der Waals surface area contributed by atoms with E-state index in [4.69, 9.17) is 0 Å². The van der Waals surface area contributed by atoms with Crippen LogP contribution in [0.2, 0.25) is 0 Å². The number of carbonyl (C=O) groups is 3. The zero-order chi connectivity index (χ0) is 21.7. The molecule has 10 heteroatoms. The summed E-state index contributed by atoms with van der Waals surface area (Å²) in [6, 6.07) is 6.84. The van der Waals surface area contributed by atoms with Gasteiger partial charge in [-0.2, -0.15) is 0 Å². The van der Waals surface area contributed by atoms with Crippen molar-refractivity contribution in [2.24, 2.45) is 0 Å². The molecule has 0 saturated heterocycles. The number of hydrogen-bond acceptors (Lipinski definition) is 6. The number of benzene rings is 1.